The first kappa shape index (κ1) is 19.2. The summed E-state index contributed by atoms with van der Waals surface area (Å²) < 4.78 is 11.9. The van der Waals surface area contributed by atoms with Gasteiger partial charge in [0.1, 0.15) is 17.1 Å². The third-order valence-electron chi connectivity index (χ3n) is 3.10. The molecule has 2 aromatic rings. The van der Waals surface area contributed by atoms with E-state index >= 15 is 0 Å². The highest BCUT2D eigenvalue weighted by Gasteiger charge is 2.13. The number of halogens is 1. The van der Waals surface area contributed by atoms with Gasteiger partial charge in [0.05, 0.1) is 14.2 Å². The van der Waals surface area contributed by atoms with Gasteiger partial charge in [-0.1, -0.05) is 0 Å². The summed E-state index contributed by atoms with van der Waals surface area (Å²) in [7, 11) is 3.07. The summed E-state index contributed by atoms with van der Waals surface area (Å²) in [6.07, 6.45) is 3.20. The van der Waals surface area contributed by atoms with Crippen molar-refractivity contribution < 1.29 is 36.0 Å². The predicted octanol–water partition coefficient (Wildman–Crippen LogP) is -2.27. The summed E-state index contributed by atoms with van der Waals surface area (Å²) >= 11 is 0. The quantitative estimate of drug-likeness (QED) is 0.574. The van der Waals surface area contributed by atoms with Crippen LogP contribution in [-0.2, 0) is 11.3 Å². The molecular weight excluding hydrogens is 334 g/mol. The Morgan fingerprint density at radius 2 is 1.79 bits per heavy atom. The minimum atomic E-state index is -0.544. The number of anilines is 1. The number of primary amides is 1. The van der Waals surface area contributed by atoms with E-state index in [4.69, 9.17) is 15.2 Å². The Hall–Kier alpha value is -2.80. The maximum absolute atomic E-state index is 12.1. The van der Waals surface area contributed by atoms with Crippen LogP contribution in [0.2, 0.25) is 0 Å². The number of pyridine rings is 1. The number of carbonyl (C=O) groups excluding carboxylic acids is 2. The number of amides is 2. The van der Waals surface area contributed by atoms with Crippen molar-refractivity contribution in [2.45, 2.75) is 6.54 Å². The fraction of sp³-hybridized carbons (Fsp3) is 0.188. The van der Waals surface area contributed by atoms with Crippen molar-refractivity contribution >= 4 is 17.5 Å². The SMILES string of the molecule is COc1cc(NC(=O)C[n+]2cccc(C(N)=O)c2)cc(OC)c1.[Cl-]. The molecule has 0 saturated heterocycles. The van der Waals surface area contributed by atoms with E-state index in [0.29, 0.717) is 22.7 Å². The van der Waals surface area contributed by atoms with Crippen molar-refractivity contribution in [1.82, 2.24) is 0 Å². The molecule has 1 heterocycles. The van der Waals surface area contributed by atoms with Crippen molar-refractivity contribution in [3.8, 4) is 11.5 Å². The highest BCUT2D eigenvalue weighted by Crippen LogP contribution is 2.25. The van der Waals surface area contributed by atoms with Gasteiger partial charge in [0.25, 0.3) is 11.8 Å². The summed E-state index contributed by atoms with van der Waals surface area (Å²) in [6, 6.07) is 8.32. The second-order valence-corrected chi connectivity index (χ2v) is 4.78. The Kier molecular flexibility index (Phi) is 7.00. The molecule has 0 radical (unpaired) electrons. The zero-order valence-electron chi connectivity index (χ0n) is 13.3. The first-order chi connectivity index (χ1) is 11.0. The van der Waals surface area contributed by atoms with Gasteiger partial charge in [-0.05, 0) is 6.07 Å². The Balaban J connectivity index is 0.00000288. The van der Waals surface area contributed by atoms with Crippen molar-refractivity contribution in [1.29, 1.82) is 0 Å². The molecule has 1 aromatic heterocycles. The average molecular weight is 352 g/mol. The van der Waals surface area contributed by atoms with Crippen LogP contribution in [-0.4, -0.2) is 26.0 Å². The first-order valence-electron chi connectivity index (χ1n) is 6.83. The number of hydrogen-bond acceptors (Lipinski definition) is 4. The average Bonchev–Trinajstić information content (AvgIpc) is 2.54. The maximum Gasteiger partial charge on any atom is 0.290 e. The van der Waals surface area contributed by atoms with Crippen LogP contribution in [0, 0.1) is 0 Å². The molecule has 7 nitrogen and oxygen atoms in total. The molecule has 128 valence electrons. The Morgan fingerprint density at radius 1 is 1.17 bits per heavy atom. The molecule has 0 fully saturated rings. The smallest absolute Gasteiger partial charge is 0.290 e. The number of carbonyl (C=O) groups is 2. The molecule has 24 heavy (non-hydrogen) atoms. The highest BCUT2D eigenvalue weighted by atomic mass is 35.5. The lowest BCUT2D eigenvalue weighted by Gasteiger charge is -2.09. The topological polar surface area (TPSA) is 94.5 Å². The summed E-state index contributed by atoms with van der Waals surface area (Å²) in [5.74, 6) is 0.343. The van der Waals surface area contributed by atoms with E-state index in [1.165, 1.54) is 20.4 Å². The van der Waals surface area contributed by atoms with E-state index < -0.39 is 5.91 Å². The molecule has 2 amide bonds. The fourth-order valence-electron chi connectivity index (χ4n) is 2.01. The number of aromatic nitrogens is 1. The van der Waals surface area contributed by atoms with E-state index in [2.05, 4.69) is 5.32 Å². The molecule has 8 heteroatoms. The van der Waals surface area contributed by atoms with Crippen LogP contribution in [0.4, 0.5) is 5.69 Å². The van der Waals surface area contributed by atoms with Gasteiger partial charge in [-0.15, -0.1) is 0 Å². The number of nitrogens with zero attached hydrogens (tertiary/aromatic N) is 1. The Labute approximate surface area is 145 Å². The lowest BCUT2D eigenvalue weighted by atomic mass is 10.2. The van der Waals surface area contributed by atoms with Crippen LogP contribution in [0.5, 0.6) is 11.5 Å². The molecule has 3 N–H and O–H groups in total. The van der Waals surface area contributed by atoms with Crippen LogP contribution >= 0.6 is 0 Å². The van der Waals surface area contributed by atoms with Crippen molar-refractivity contribution in [2.75, 3.05) is 19.5 Å². The Morgan fingerprint density at radius 3 is 2.33 bits per heavy atom. The molecule has 0 aliphatic carbocycles. The predicted molar refractivity (Wildman–Crippen MR) is 83.3 cm³/mol. The number of benzene rings is 1. The molecule has 0 unspecified atom stereocenters. The number of rotatable bonds is 6. The number of nitrogens with two attached hydrogens (primary N) is 1. The van der Waals surface area contributed by atoms with Gasteiger partial charge in [-0.3, -0.25) is 9.59 Å². The van der Waals surface area contributed by atoms with Gasteiger partial charge in [0.2, 0.25) is 6.54 Å². The Bertz CT molecular complexity index is 715. The van der Waals surface area contributed by atoms with E-state index in [1.54, 1.807) is 41.1 Å². The van der Waals surface area contributed by atoms with Gasteiger partial charge in [0.15, 0.2) is 12.4 Å². The summed E-state index contributed by atoms with van der Waals surface area (Å²) in [4.78, 5) is 23.3. The minimum absolute atomic E-state index is 0. The zero-order chi connectivity index (χ0) is 16.8. The van der Waals surface area contributed by atoms with Gasteiger partial charge in [-0.25, -0.2) is 0 Å². The highest BCUT2D eigenvalue weighted by molar-refractivity contribution is 5.92. The van der Waals surface area contributed by atoms with E-state index in [0.717, 1.165) is 0 Å². The molecule has 0 saturated carbocycles. The molecule has 0 aliphatic rings. The second-order valence-electron chi connectivity index (χ2n) is 4.78. The third-order valence-corrected chi connectivity index (χ3v) is 3.10. The van der Waals surface area contributed by atoms with Crippen LogP contribution < -0.4 is 37.5 Å². The van der Waals surface area contributed by atoms with Crippen LogP contribution in [0.1, 0.15) is 10.4 Å². The van der Waals surface area contributed by atoms with Crippen molar-refractivity contribution in [3.63, 3.8) is 0 Å². The number of nitrogens with one attached hydrogen (secondary N) is 1. The van der Waals surface area contributed by atoms with Crippen LogP contribution in [0.3, 0.4) is 0 Å². The largest absolute Gasteiger partial charge is 1.00 e. The minimum Gasteiger partial charge on any atom is -1.00 e. The van der Waals surface area contributed by atoms with E-state index in [9.17, 15) is 9.59 Å². The normalized spacial score (nSPS) is 9.58. The van der Waals surface area contributed by atoms with Crippen molar-refractivity contribution in [2.24, 2.45) is 5.73 Å². The maximum atomic E-state index is 12.1. The van der Waals surface area contributed by atoms with Gasteiger partial charge in [0, 0.05) is 30.0 Å². The van der Waals surface area contributed by atoms with Gasteiger partial charge < -0.3 is 32.9 Å². The van der Waals surface area contributed by atoms with Gasteiger partial charge >= 0.3 is 0 Å². The fourth-order valence-corrected chi connectivity index (χ4v) is 2.01. The molecular formula is C16H18ClN3O4. The number of ether oxygens (including phenoxy) is 2. The van der Waals surface area contributed by atoms with Gasteiger partial charge in [-0.2, -0.15) is 4.57 Å². The van der Waals surface area contributed by atoms with Crippen molar-refractivity contribution in [3.05, 3.63) is 48.3 Å². The summed E-state index contributed by atoms with van der Waals surface area (Å²) in [5, 5.41) is 2.75. The monoisotopic (exact) mass is 351 g/mol. The lowest BCUT2D eigenvalue weighted by molar-refractivity contribution is -0.684. The molecule has 1 aromatic carbocycles. The third kappa shape index (κ3) is 5.13. The summed E-state index contributed by atoms with van der Waals surface area (Å²) in [6.45, 7) is 0.0423. The molecule has 0 aliphatic heterocycles. The first-order valence-corrected chi connectivity index (χ1v) is 6.83. The number of methoxy groups -OCH3 is 2. The zero-order valence-corrected chi connectivity index (χ0v) is 14.0. The molecule has 2 rings (SSSR count). The molecule has 0 bridgehead atoms. The molecule has 0 spiro atoms. The standard InChI is InChI=1S/C16H17N3O4.ClH/c1-22-13-6-12(7-14(8-13)23-2)18-15(20)10-19-5-3-4-11(9-19)16(17)21;/h3-9H,10H2,1-2H3,(H2-,17,18,20,21);1H. The lowest BCUT2D eigenvalue weighted by Crippen LogP contribution is -3.00. The van der Waals surface area contributed by atoms with Crippen LogP contribution in [0.15, 0.2) is 42.7 Å². The number of hydrogen-bond donors (Lipinski definition) is 2. The van der Waals surface area contributed by atoms with E-state index in [-0.39, 0.29) is 24.9 Å². The van der Waals surface area contributed by atoms with Crippen LogP contribution in [0.25, 0.3) is 0 Å². The molecule has 0 atom stereocenters. The van der Waals surface area contributed by atoms with E-state index in [1.807, 2.05) is 0 Å². The second kappa shape index (κ2) is 8.73. The summed E-state index contributed by atoms with van der Waals surface area (Å²) in [5.41, 5.74) is 6.11.